The third-order valence-corrected chi connectivity index (χ3v) is 2.83. The summed E-state index contributed by atoms with van der Waals surface area (Å²) < 4.78 is 0. The molecule has 0 fully saturated rings. The Balaban J connectivity index is 2.16. The first-order chi connectivity index (χ1) is 8.70. The summed E-state index contributed by atoms with van der Waals surface area (Å²) in [6.07, 6.45) is 0. The third kappa shape index (κ3) is 2.61. The minimum atomic E-state index is 0.277. The van der Waals surface area contributed by atoms with Crippen LogP contribution in [0.4, 0.5) is 5.69 Å². The Kier molecular flexibility index (Phi) is 3.49. The van der Waals surface area contributed by atoms with Crippen molar-refractivity contribution in [2.24, 2.45) is 0 Å². The maximum atomic E-state index is 9.67. The number of aromatic hydroxyl groups is 1. The van der Waals surface area contributed by atoms with Crippen LogP contribution in [-0.4, -0.2) is 5.11 Å². The third-order valence-electron chi connectivity index (χ3n) is 2.83. The summed E-state index contributed by atoms with van der Waals surface area (Å²) in [6, 6.07) is 14.8. The van der Waals surface area contributed by atoms with Gasteiger partial charge in [0.15, 0.2) is 0 Å². The molecular formula is C15H14N2O. The predicted molar refractivity (Wildman–Crippen MR) is 71.3 cm³/mol. The van der Waals surface area contributed by atoms with Gasteiger partial charge in [-0.2, -0.15) is 5.26 Å². The molecule has 2 aromatic rings. The van der Waals surface area contributed by atoms with Gasteiger partial charge in [-0.05, 0) is 30.7 Å². The van der Waals surface area contributed by atoms with E-state index < -0.39 is 0 Å². The lowest BCUT2D eigenvalue weighted by Gasteiger charge is -2.10. The van der Waals surface area contributed by atoms with Crippen LogP contribution in [0.5, 0.6) is 5.75 Å². The van der Waals surface area contributed by atoms with E-state index in [0.29, 0.717) is 12.1 Å². The molecule has 0 aromatic heterocycles. The van der Waals surface area contributed by atoms with Crippen LogP contribution in [0.2, 0.25) is 0 Å². The van der Waals surface area contributed by atoms with Crippen molar-refractivity contribution in [3.8, 4) is 11.8 Å². The Bertz CT molecular complexity index is 600. The molecule has 0 heterocycles. The molecule has 0 aliphatic carbocycles. The zero-order chi connectivity index (χ0) is 13.0. The van der Waals surface area contributed by atoms with E-state index in [9.17, 15) is 5.11 Å². The highest BCUT2D eigenvalue weighted by molar-refractivity contribution is 5.55. The fourth-order valence-corrected chi connectivity index (χ4v) is 1.73. The summed E-state index contributed by atoms with van der Waals surface area (Å²) >= 11 is 0. The fourth-order valence-electron chi connectivity index (χ4n) is 1.73. The van der Waals surface area contributed by atoms with Gasteiger partial charge >= 0.3 is 0 Å². The van der Waals surface area contributed by atoms with Crippen molar-refractivity contribution in [3.05, 3.63) is 59.2 Å². The molecule has 18 heavy (non-hydrogen) atoms. The number of nitriles is 1. The van der Waals surface area contributed by atoms with Gasteiger partial charge in [0, 0.05) is 17.8 Å². The van der Waals surface area contributed by atoms with E-state index in [-0.39, 0.29) is 5.75 Å². The Morgan fingerprint density at radius 1 is 1.22 bits per heavy atom. The maximum absolute atomic E-state index is 9.67. The summed E-state index contributed by atoms with van der Waals surface area (Å²) in [6.45, 7) is 2.51. The van der Waals surface area contributed by atoms with Crippen molar-refractivity contribution in [1.29, 1.82) is 5.26 Å². The van der Waals surface area contributed by atoms with Crippen molar-refractivity contribution in [1.82, 2.24) is 0 Å². The standard InChI is InChI=1S/C15H14N2O/c1-11-6-7-12(9-16)8-14(11)17-10-13-4-2-3-5-15(13)18/h2-8,17-18H,10H2,1H3. The van der Waals surface area contributed by atoms with Gasteiger partial charge in [0.1, 0.15) is 5.75 Å². The largest absolute Gasteiger partial charge is 0.508 e. The number of aryl methyl sites for hydroxylation is 1. The average molecular weight is 238 g/mol. The van der Waals surface area contributed by atoms with Crippen LogP contribution in [0.1, 0.15) is 16.7 Å². The number of benzene rings is 2. The molecule has 3 nitrogen and oxygen atoms in total. The molecule has 0 amide bonds. The van der Waals surface area contributed by atoms with E-state index in [2.05, 4.69) is 11.4 Å². The van der Waals surface area contributed by atoms with Crippen LogP contribution in [0.3, 0.4) is 0 Å². The molecule has 0 unspecified atom stereocenters. The molecule has 2 rings (SSSR count). The van der Waals surface area contributed by atoms with E-state index in [1.807, 2.05) is 31.2 Å². The molecule has 0 aliphatic heterocycles. The molecule has 0 saturated heterocycles. The number of phenolic OH excluding ortho intramolecular Hbond substituents is 1. The second kappa shape index (κ2) is 5.24. The van der Waals surface area contributed by atoms with Crippen LogP contribution >= 0.6 is 0 Å². The number of hydrogen-bond donors (Lipinski definition) is 2. The second-order valence-electron chi connectivity index (χ2n) is 4.12. The molecule has 2 aromatic carbocycles. The molecular weight excluding hydrogens is 224 g/mol. The molecule has 0 bridgehead atoms. The highest BCUT2D eigenvalue weighted by Gasteiger charge is 2.02. The van der Waals surface area contributed by atoms with Crippen molar-refractivity contribution in [2.45, 2.75) is 13.5 Å². The molecule has 3 heteroatoms. The molecule has 2 N–H and O–H groups in total. The van der Waals surface area contributed by atoms with Crippen LogP contribution in [0.25, 0.3) is 0 Å². The van der Waals surface area contributed by atoms with Crippen LogP contribution < -0.4 is 5.32 Å². The Hall–Kier alpha value is -2.47. The summed E-state index contributed by atoms with van der Waals surface area (Å²) in [5.41, 5.74) is 3.45. The van der Waals surface area contributed by atoms with Gasteiger partial charge in [0.25, 0.3) is 0 Å². The van der Waals surface area contributed by atoms with Crippen LogP contribution in [0, 0.1) is 18.3 Å². The van der Waals surface area contributed by atoms with E-state index >= 15 is 0 Å². The van der Waals surface area contributed by atoms with E-state index in [1.165, 1.54) is 0 Å². The molecule has 0 aliphatic rings. The van der Waals surface area contributed by atoms with Gasteiger partial charge in [-0.1, -0.05) is 24.3 Å². The van der Waals surface area contributed by atoms with E-state index in [1.54, 1.807) is 18.2 Å². The normalized spacial score (nSPS) is 9.78. The van der Waals surface area contributed by atoms with Gasteiger partial charge in [-0.15, -0.1) is 0 Å². The summed E-state index contributed by atoms with van der Waals surface area (Å²) in [5.74, 6) is 0.277. The van der Waals surface area contributed by atoms with Gasteiger partial charge < -0.3 is 10.4 Å². The Morgan fingerprint density at radius 3 is 2.72 bits per heavy atom. The number of para-hydroxylation sites is 1. The van der Waals surface area contributed by atoms with E-state index in [0.717, 1.165) is 16.8 Å². The first-order valence-corrected chi connectivity index (χ1v) is 5.72. The minimum Gasteiger partial charge on any atom is -0.508 e. The number of rotatable bonds is 3. The van der Waals surface area contributed by atoms with Crippen molar-refractivity contribution >= 4 is 5.69 Å². The first-order valence-electron chi connectivity index (χ1n) is 5.72. The topological polar surface area (TPSA) is 56.0 Å². The number of nitrogens with zero attached hydrogens (tertiary/aromatic N) is 1. The van der Waals surface area contributed by atoms with Crippen molar-refractivity contribution in [3.63, 3.8) is 0 Å². The van der Waals surface area contributed by atoms with Gasteiger partial charge in [-0.3, -0.25) is 0 Å². The minimum absolute atomic E-state index is 0.277. The summed E-state index contributed by atoms with van der Waals surface area (Å²) in [7, 11) is 0. The second-order valence-corrected chi connectivity index (χ2v) is 4.12. The highest BCUT2D eigenvalue weighted by atomic mass is 16.3. The molecule has 90 valence electrons. The fraction of sp³-hybridized carbons (Fsp3) is 0.133. The van der Waals surface area contributed by atoms with Crippen molar-refractivity contribution in [2.75, 3.05) is 5.32 Å². The lowest BCUT2D eigenvalue weighted by molar-refractivity contribution is 0.469. The van der Waals surface area contributed by atoms with Crippen LogP contribution in [0.15, 0.2) is 42.5 Å². The quantitative estimate of drug-likeness (QED) is 0.863. The summed E-state index contributed by atoms with van der Waals surface area (Å²) in [5, 5.41) is 21.8. The summed E-state index contributed by atoms with van der Waals surface area (Å²) in [4.78, 5) is 0. The Morgan fingerprint density at radius 2 is 2.00 bits per heavy atom. The smallest absolute Gasteiger partial charge is 0.120 e. The van der Waals surface area contributed by atoms with Gasteiger partial charge in [0.2, 0.25) is 0 Å². The molecule has 0 spiro atoms. The predicted octanol–water partition coefficient (Wildman–Crippen LogP) is 3.18. The van der Waals surface area contributed by atoms with Gasteiger partial charge in [-0.25, -0.2) is 0 Å². The lowest BCUT2D eigenvalue weighted by atomic mass is 10.1. The van der Waals surface area contributed by atoms with E-state index in [4.69, 9.17) is 5.26 Å². The molecule has 0 saturated carbocycles. The number of phenols is 1. The molecule has 0 atom stereocenters. The number of hydrogen-bond acceptors (Lipinski definition) is 3. The zero-order valence-electron chi connectivity index (χ0n) is 10.1. The number of nitrogens with one attached hydrogen (secondary N) is 1. The maximum Gasteiger partial charge on any atom is 0.120 e. The van der Waals surface area contributed by atoms with Gasteiger partial charge in [0.05, 0.1) is 11.6 Å². The Labute approximate surface area is 106 Å². The SMILES string of the molecule is Cc1ccc(C#N)cc1NCc1ccccc1O. The first kappa shape index (κ1) is 12.0. The van der Waals surface area contributed by atoms with Crippen molar-refractivity contribution < 1.29 is 5.11 Å². The highest BCUT2D eigenvalue weighted by Crippen LogP contribution is 2.20. The van der Waals surface area contributed by atoms with Crippen LogP contribution in [-0.2, 0) is 6.54 Å². The average Bonchev–Trinajstić information content (AvgIpc) is 2.39. The number of anilines is 1. The molecule has 0 radical (unpaired) electrons. The lowest BCUT2D eigenvalue weighted by Crippen LogP contribution is -2.01. The zero-order valence-corrected chi connectivity index (χ0v) is 10.1. The monoisotopic (exact) mass is 238 g/mol.